The zero-order valence-corrected chi connectivity index (χ0v) is 13.8. The van der Waals surface area contributed by atoms with Crippen LogP contribution in [0.5, 0.6) is 5.75 Å². The van der Waals surface area contributed by atoms with E-state index in [1.165, 1.54) is 42.1 Å². The molecule has 0 atom stereocenters. The van der Waals surface area contributed by atoms with Gasteiger partial charge in [-0.05, 0) is 65.5 Å². The molecule has 0 radical (unpaired) electrons. The second-order valence-electron chi connectivity index (χ2n) is 5.31. The molecular formula is C15H21IOS. The Morgan fingerprint density at radius 3 is 2.22 bits per heavy atom. The summed E-state index contributed by atoms with van der Waals surface area (Å²) in [7, 11) is 0. The Labute approximate surface area is 129 Å². The molecule has 0 aliphatic heterocycles. The quantitative estimate of drug-likeness (QED) is 0.445. The molecule has 100 valence electrons. The summed E-state index contributed by atoms with van der Waals surface area (Å²) < 4.78 is 7.25. The molecule has 3 heteroatoms. The Hall–Kier alpha value is 0.1000. The lowest BCUT2D eigenvalue weighted by Crippen LogP contribution is -2.30. The molecule has 0 saturated heterocycles. The molecule has 1 nitrogen and oxygen atoms in total. The fourth-order valence-electron chi connectivity index (χ4n) is 2.59. The summed E-state index contributed by atoms with van der Waals surface area (Å²) in [6.45, 7) is 0.817. The van der Waals surface area contributed by atoms with E-state index in [2.05, 4.69) is 59.5 Å². The van der Waals surface area contributed by atoms with Crippen LogP contribution in [0, 0.1) is 8.99 Å². The molecule has 0 aromatic heterocycles. The van der Waals surface area contributed by atoms with Crippen molar-refractivity contribution < 1.29 is 4.74 Å². The van der Waals surface area contributed by atoms with Gasteiger partial charge >= 0.3 is 0 Å². The van der Waals surface area contributed by atoms with Crippen LogP contribution in [-0.4, -0.2) is 12.4 Å². The molecule has 0 N–H and O–H groups in total. The number of hydrogen-bond acceptors (Lipinski definition) is 2. The fourth-order valence-corrected chi connectivity index (χ4v) is 3.36. The topological polar surface area (TPSA) is 9.23 Å². The van der Waals surface area contributed by atoms with Gasteiger partial charge in [-0.3, -0.25) is 0 Å². The van der Waals surface area contributed by atoms with Crippen molar-refractivity contribution in [2.24, 2.45) is 5.41 Å². The van der Waals surface area contributed by atoms with E-state index in [0.717, 1.165) is 18.1 Å². The van der Waals surface area contributed by atoms with Crippen LogP contribution in [0.2, 0.25) is 0 Å². The van der Waals surface area contributed by atoms with Crippen LogP contribution in [0.1, 0.15) is 38.5 Å². The Morgan fingerprint density at radius 2 is 1.67 bits per heavy atom. The Balaban J connectivity index is 1.95. The second kappa shape index (κ2) is 7.04. The van der Waals surface area contributed by atoms with Gasteiger partial charge in [0.2, 0.25) is 0 Å². The Kier molecular flexibility index (Phi) is 5.67. The summed E-state index contributed by atoms with van der Waals surface area (Å²) in [6, 6.07) is 8.31. The van der Waals surface area contributed by atoms with Crippen LogP contribution < -0.4 is 4.74 Å². The normalized spacial score (nSPS) is 19.2. The van der Waals surface area contributed by atoms with E-state index in [4.69, 9.17) is 4.74 Å². The van der Waals surface area contributed by atoms with Gasteiger partial charge in [-0.2, -0.15) is 12.6 Å². The van der Waals surface area contributed by atoms with Gasteiger partial charge in [0.05, 0.1) is 6.61 Å². The van der Waals surface area contributed by atoms with Gasteiger partial charge < -0.3 is 4.74 Å². The molecule has 0 bridgehead atoms. The first-order valence-electron chi connectivity index (χ1n) is 6.73. The second-order valence-corrected chi connectivity index (χ2v) is 6.88. The molecule has 18 heavy (non-hydrogen) atoms. The minimum Gasteiger partial charge on any atom is -0.493 e. The monoisotopic (exact) mass is 376 g/mol. The molecule has 0 heterocycles. The molecular weight excluding hydrogens is 355 g/mol. The van der Waals surface area contributed by atoms with Crippen LogP contribution in [0.3, 0.4) is 0 Å². The van der Waals surface area contributed by atoms with Gasteiger partial charge in [0.25, 0.3) is 0 Å². The van der Waals surface area contributed by atoms with Gasteiger partial charge in [-0.1, -0.05) is 25.7 Å². The number of hydrogen-bond donors (Lipinski definition) is 1. The largest absolute Gasteiger partial charge is 0.493 e. The number of rotatable bonds is 4. The van der Waals surface area contributed by atoms with Gasteiger partial charge in [-0.25, -0.2) is 0 Å². The average Bonchev–Trinajstić information content (AvgIpc) is 2.64. The van der Waals surface area contributed by atoms with Crippen LogP contribution in [0.25, 0.3) is 0 Å². The lowest BCUT2D eigenvalue weighted by molar-refractivity contribution is 0.148. The highest BCUT2D eigenvalue weighted by atomic mass is 127. The first kappa shape index (κ1) is 14.5. The third kappa shape index (κ3) is 4.05. The molecule has 2 rings (SSSR count). The lowest BCUT2D eigenvalue weighted by Gasteiger charge is -2.30. The summed E-state index contributed by atoms with van der Waals surface area (Å²) in [5.74, 6) is 1.93. The van der Waals surface area contributed by atoms with E-state index in [0.29, 0.717) is 5.41 Å². The highest BCUT2D eigenvalue weighted by Gasteiger charge is 2.30. The average molecular weight is 376 g/mol. The smallest absolute Gasteiger partial charge is 0.119 e. The van der Waals surface area contributed by atoms with E-state index < -0.39 is 0 Å². The molecule has 1 aliphatic rings. The maximum atomic E-state index is 6.00. The number of thiol groups is 1. The molecule has 0 unspecified atom stereocenters. The molecule has 1 aromatic rings. The summed E-state index contributed by atoms with van der Waals surface area (Å²) in [6.07, 6.45) is 7.94. The van der Waals surface area contributed by atoms with E-state index in [9.17, 15) is 0 Å². The van der Waals surface area contributed by atoms with Crippen LogP contribution in [-0.2, 0) is 0 Å². The molecule has 1 fully saturated rings. The third-order valence-electron chi connectivity index (χ3n) is 3.86. The van der Waals surface area contributed by atoms with Crippen LogP contribution >= 0.6 is 35.2 Å². The highest BCUT2D eigenvalue weighted by Crippen LogP contribution is 2.36. The molecule has 0 spiro atoms. The lowest BCUT2D eigenvalue weighted by atomic mass is 9.83. The van der Waals surface area contributed by atoms with Crippen molar-refractivity contribution in [3.8, 4) is 5.75 Å². The van der Waals surface area contributed by atoms with Crippen molar-refractivity contribution in [3.63, 3.8) is 0 Å². The van der Waals surface area contributed by atoms with Gasteiger partial charge in [0, 0.05) is 8.99 Å². The molecule has 1 saturated carbocycles. The summed E-state index contributed by atoms with van der Waals surface area (Å²) in [5, 5.41) is 0. The maximum absolute atomic E-state index is 6.00. The maximum Gasteiger partial charge on any atom is 0.119 e. The van der Waals surface area contributed by atoms with Crippen molar-refractivity contribution in [3.05, 3.63) is 27.8 Å². The van der Waals surface area contributed by atoms with E-state index in [-0.39, 0.29) is 0 Å². The number of benzene rings is 1. The van der Waals surface area contributed by atoms with Crippen molar-refractivity contribution in [2.45, 2.75) is 38.5 Å². The SMILES string of the molecule is SCC1(COc2ccc(I)cc2)CCCCCC1. The Morgan fingerprint density at radius 1 is 1.06 bits per heavy atom. The highest BCUT2D eigenvalue weighted by molar-refractivity contribution is 14.1. The summed E-state index contributed by atoms with van der Waals surface area (Å²) >= 11 is 6.89. The van der Waals surface area contributed by atoms with Crippen molar-refractivity contribution >= 4 is 35.2 Å². The van der Waals surface area contributed by atoms with Gasteiger partial charge in [0.15, 0.2) is 0 Å². The Bertz CT molecular complexity index is 355. The van der Waals surface area contributed by atoms with Crippen molar-refractivity contribution in [2.75, 3.05) is 12.4 Å². The van der Waals surface area contributed by atoms with E-state index in [1.807, 2.05) is 0 Å². The predicted octanol–water partition coefficient (Wildman–Crippen LogP) is 4.94. The number of ether oxygens (including phenoxy) is 1. The first-order valence-corrected chi connectivity index (χ1v) is 8.44. The zero-order chi connectivity index (χ0) is 12.8. The fraction of sp³-hybridized carbons (Fsp3) is 0.600. The minimum absolute atomic E-state index is 0.294. The summed E-state index contributed by atoms with van der Waals surface area (Å²) in [5.41, 5.74) is 0.294. The van der Waals surface area contributed by atoms with Crippen LogP contribution in [0.15, 0.2) is 24.3 Å². The standard InChI is InChI=1S/C15H21IOS/c16-13-5-7-14(8-6-13)17-11-15(12-18)9-3-1-2-4-10-15/h5-8,18H,1-4,9-12H2. The molecule has 1 aliphatic carbocycles. The van der Waals surface area contributed by atoms with Crippen molar-refractivity contribution in [1.29, 1.82) is 0 Å². The van der Waals surface area contributed by atoms with Gasteiger partial charge in [0.1, 0.15) is 5.75 Å². The van der Waals surface area contributed by atoms with Crippen molar-refractivity contribution in [1.82, 2.24) is 0 Å². The third-order valence-corrected chi connectivity index (χ3v) is 5.25. The molecule has 0 amide bonds. The number of halogens is 1. The van der Waals surface area contributed by atoms with Crippen LogP contribution in [0.4, 0.5) is 0 Å². The van der Waals surface area contributed by atoms with E-state index in [1.54, 1.807) is 0 Å². The molecule has 1 aromatic carbocycles. The summed E-state index contributed by atoms with van der Waals surface area (Å²) in [4.78, 5) is 0. The van der Waals surface area contributed by atoms with E-state index >= 15 is 0 Å². The zero-order valence-electron chi connectivity index (χ0n) is 10.7. The first-order chi connectivity index (χ1) is 8.74. The minimum atomic E-state index is 0.294. The predicted molar refractivity (Wildman–Crippen MR) is 88.6 cm³/mol. The van der Waals surface area contributed by atoms with Gasteiger partial charge in [-0.15, -0.1) is 0 Å².